The van der Waals surface area contributed by atoms with E-state index >= 15 is 0 Å². The fraction of sp³-hybridized carbons (Fsp3) is 0.250. The van der Waals surface area contributed by atoms with Gasteiger partial charge in [0.1, 0.15) is 0 Å². The molecule has 9 heavy (non-hydrogen) atoms. The first-order chi connectivity index (χ1) is 3.79. The molecule has 2 rings (SSSR count). The van der Waals surface area contributed by atoms with Crippen molar-refractivity contribution in [2.24, 2.45) is 0 Å². The molecule has 0 N–H and O–H groups in total. The molecule has 0 saturated carbocycles. The van der Waals surface area contributed by atoms with E-state index in [0.717, 1.165) is 0 Å². The van der Waals surface area contributed by atoms with Crippen LogP contribution < -0.4 is 0 Å². The van der Waals surface area contributed by atoms with Crippen molar-refractivity contribution in [1.82, 2.24) is 0 Å². The van der Waals surface area contributed by atoms with Crippen LogP contribution in [0.15, 0.2) is 23.3 Å². The zero-order valence-corrected chi connectivity index (χ0v) is 8.40. The Balaban J connectivity index is 0.000000128. The van der Waals surface area contributed by atoms with Gasteiger partial charge in [-0.3, -0.25) is 0 Å². The van der Waals surface area contributed by atoms with Crippen molar-refractivity contribution in [2.45, 2.75) is 12.8 Å². The maximum absolute atomic E-state index is 3.61. The Morgan fingerprint density at radius 3 is 1.11 bits per heavy atom. The molecular weight excluding hydrogens is 185 g/mol. The second kappa shape index (κ2) is 4.19. The monoisotopic (exact) mass is 195 g/mol. The maximum atomic E-state index is 3.61. The Kier molecular flexibility index (Phi) is 4.34. The predicted molar refractivity (Wildman–Crippen MR) is 36.1 cm³/mol. The van der Waals surface area contributed by atoms with Crippen LogP contribution in [0, 0.1) is 13.8 Å². The first kappa shape index (κ1) is 9.32. The van der Waals surface area contributed by atoms with Gasteiger partial charge in [0.25, 0.3) is 0 Å². The first-order valence-electron chi connectivity index (χ1n) is 2.81. The van der Waals surface area contributed by atoms with Crippen LogP contribution in [0.4, 0.5) is 0 Å². The Morgan fingerprint density at radius 2 is 1.11 bits per heavy atom. The van der Waals surface area contributed by atoms with Crippen molar-refractivity contribution in [1.29, 1.82) is 0 Å². The van der Waals surface area contributed by atoms with Gasteiger partial charge < -0.3 is 0 Å². The summed E-state index contributed by atoms with van der Waals surface area (Å²) in [5, 5.41) is 0. The van der Waals surface area contributed by atoms with Crippen LogP contribution in [0.25, 0.3) is 0 Å². The number of allylic oxidation sites excluding steroid dienone is 4. The summed E-state index contributed by atoms with van der Waals surface area (Å²) in [5.74, 6) is 0. The fourth-order valence-electron chi connectivity index (χ4n) is 0.144. The molecule has 2 aliphatic rings. The largest absolute Gasteiger partial charge is 0.243 e. The molecule has 0 saturated heterocycles. The average molecular weight is 195 g/mol. The molecule has 0 unspecified atom stereocenters. The minimum absolute atomic E-state index is 0. The Bertz CT molecular complexity index is 125. The van der Waals surface area contributed by atoms with Crippen molar-refractivity contribution in [2.75, 3.05) is 0 Å². The smallest absolute Gasteiger partial charge is 0 e. The van der Waals surface area contributed by atoms with Crippen LogP contribution in [0.1, 0.15) is 12.8 Å². The second-order valence-corrected chi connectivity index (χ2v) is 2.13. The Hall–Kier alpha value is 0.324. The van der Waals surface area contributed by atoms with Gasteiger partial charge in [-0.2, -0.15) is 0 Å². The van der Waals surface area contributed by atoms with Gasteiger partial charge in [-0.25, -0.2) is 37.1 Å². The van der Waals surface area contributed by atoms with E-state index in [1.165, 1.54) is 24.0 Å². The molecule has 0 nitrogen and oxygen atoms in total. The molecule has 0 bridgehead atoms. The van der Waals surface area contributed by atoms with Crippen molar-refractivity contribution in [3.8, 4) is 0 Å². The molecule has 0 amide bonds. The topological polar surface area (TPSA) is 0 Å². The standard InChI is InChI=1S/2C4H5.Y/c2*1-4-2-3-4;/h2*2H,1,3H2;/q2*-1;. The van der Waals surface area contributed by atoms with Crippen LogP contribution in [-0.4, -0.2) is 0 Å². The molecule has 2 aliphatic carbocycles. The molecule has 0 atom stereocenters. The summed E-state index contributed by atoms with van der Waals surface area (Å²) in [7, 11) is 0. The van der Waals surface area contributed by atoms with Gasteiger partial charge in [0.05, 0.1) is 0 Å². The zero-order chi connectivity index (χ0) is 5.98. The molecule has 0 aromatic heterocycles. The van der Waals surface area contributed by atoms with E-state index in [9.17, 15) is 0 Å². The summed E-state index contributed by atoms with van der Waals surface area (Å²) < 4.78 is 0. The van der Waals surface area contributed by atoms with Gasteiger partial charge in [-0.1, -0.05) is 0 Å². The van der Waals surface area contributed by atoms with Gasteiger partial charge in [0.2, 0.25) is 0 Å². The van der Waals surface area contributed by atoms with Crippen molar-refractivity contribution >= 4 is 0 Å². The fourth-order valence-corrected chi connectivity index (χ4v) is 0.144. The third-order valence-corrected chi connectivity index (χ3v) is 0.986. The summed E-state index contributed by atoms with van der Waals surface area (Å²) in [6.45, 7) is 7.22. The summed E-state index contributed by atoms with van der Waals surface area (Å²) in [6, 6.07) is 0. The van der Waals surface area contributed by atoms with E-state index in [2.05, 4.69) is 26.0 Å². The molecule has 0 aromatic carbocycles. The Labute approximate surface area is 82.3 Å². The van der Waals surface area contributed by atoms with Gasteiger partial charge in [0.15, 0.2) is 0 Å². The van der Waals surface area contributed by atoms with E-state index in [4.69, 9.17) is 0 Å². The summed E-state index contributed by atoms with van der Waals surface area (Å²) in [4.78, 5) is 0. The van der Waals surface area contributed by atoms with Gasteiger partial charge in [0, 0.05) is 32.7 Å². The quantitative estimate of drug-likeness (QED) is 0.520. The zero-order valence-electron chi connectivity index (χ0n) is 5.56. The summed E-state index contributed by atoms with van der Waals surface area (Å²) >= 11 is 0. The van der Waals surface area contributed by atoms with Crippen molar-refractivity contribution in [3.05, 3.63) is 37.1 Å². The van der Waals surface area contributed by atoms with Crippen LogP contribution in [0.3, 0.4) is 0 Å². The number of rotatable bonds is 0. The SMILES string of the molecule is [CH2-]C1=CC1.[CH2-]C1=CC1.[Y]. The minimum atomic E-state index is 0. The van der Waals surface area contributed by atoms with Crippen LogP contribution in [0.5, 0.6) is 0 Å². The third-order valence-electron chi connectivity index (χ3n) is 0.986. The third kappa shape index (κ3) is 8.32. The van der Waals surface area contributed by atoms with E-state index in [0.29, 0.717) is 0 Å². The molecule has 0 heterocycles. The molecule has 0 spiro atoms. The molecule has 1 radical (unpaired) electrons. The number of hydrogen-bond donors (Lipinski definition) is 0. The van der Waals surface area contributed by atoms with E-state index in [-0.39, 0.29) is 32.7 Å². The minimum Gasteiger partial charge on any atom is -0.243 e. The second-order valence-electron chi connectivity index (χ2n) is 2.13. The van der Waals surface area contributed by atoms with Crippen LogP contribution in [0.2, 0.25) is 0 Å². The van der Waals surface area contributed by atoms with E-state index in [1.54, 1.807) is 0 Å². The van der Waals surface area contributed by atoms with Gasteiger partial charge in [-0.15, -0.1) is 12.8 Å². The molecule has 0 aliphatic heterocycles. The normalized spacial score (nSPS) is 17.3. The molecule has 0 fully saturated rings. The van der Waals surface area contributed by atoms with Gasteiger partial charge in [-0.05, 0) is 0 Å². The van der Waals surface area contributed by atoms with Crippen molar-refractivity contribution in [3.63, 3.8) is 0 Å². The van der Waals surface area contributed by atoms with Crippen LogP contribution in [-0.2, 0) is 32.7 Å². The van der Waals surface area contributed by atoms with E-state index in [1.807, 2.05) is 0 Å². The molecule has 47 valence electrons. The van der Waals surface area contributed by atoms with Crippen LogP contribution >= 0.6 is 0 Å². The number of hydrogen-bond acceptors (Lipinski definition) is 0. The summed E-state index contributed by atoms with van der Waals surface area (Å²) in [6.07, 6.45) is 6.53. The first-order valence-corrected chi connectivity index (χ1v) is 2.81. The predicted octanol–water partition coefficient (Wildman–Crippen LogP) is 2.30. The maximum Gasteiger partial charge on any atom is 0 e. The van der Waals surface area contributed by atoms with Gasteiger partial charge >= 0.3 is 0 Å². The summed E-state index contributed by atoms with van der Waals surface area (Å²) in [5.41, 5.74) is 2.58. The molecule has 0 aromatic rings. The average Bonchev–Trinajstić information content (AvgIpc) is 2.47. The van der Waals surface area contributed by atoms with E-state index < -0.39 is 0 Å². The molecular formula is C8H10Y-2. The van der Waals surface area contributed by atoms with Crippen molar-refractivity contribution < 1.29 is 32.7 Å². The Morgan fingerprint density at radius 1 is 1.00 bits per heavy atom. The molecule has 1 heteroatoms.